The Morgan fingerprint density at radius 1 is 0.667 bits per heavy atom. The molecule has 0 N–H and O–H groups in total. The minimum atomic E-state index is -1.93. The van der Waals surface area contributed by atoms with Gasteiger partial charge in [-0.05, 0) is 96.0 Å². The normalized spacial score (nSPS) is 14.1. The molecule has 198 valence electrons. The van der Waals surface area contributed by atoms with E-state index in [2.05, 4.69) is 88.0 Å². The molecular formula is C26H42N4O2S2Si2. The Morgan fingerprint density at radius 3 is 1.25 bits per heavy atom. The van der Waals surface area contributed by atoms with Gasteiger partial charge in [0.15, 0.2) is 0 Å². The smallest absolute Gasteiger partial charge is 0.286 e. The van der Waals surface area contributed by atoms with Crippen molar-refractivity contribution in [1.29, 1.82) is 0 Å². The Morgan fingerprint density at radius 2 is 1.00 bits per heavy atom. The van der Waals surface area contributed by atoms with Crippen molar-refractivity contribution >= 4 is 49.6 Å². The molecule has 2 aromatic rings. The molecule has 0 fully saturated rings. The van der Waals surface area contributed by atoms with Gasteiger partial charge in [-0.3, -0.25) is 0 Å². The molecule has 0 radical (unpaired) electrons. The number of rotatable bonds is 9. The van der Waals surface area contributed by atoms with Crippen LogP contribution in [0.2, 0.25) is 36.3 Å². The number of aromatic nitrogens is 2. The largest absolute Gasteiger partial charge is 0.455 e. The van der Waals surface area contributed by atoms with Gasteiger partial charge in [0.2, 0.25) is 0 Å². The molecule has 0 amide bonds. The van der Waals surface area contributed by atoms with E-state index in [-0.39, 0.29) is 10.1 Å². The summed E-state index contributed by atoms with van der Waals surface area (Å²) in [4.78, 5) is 9.16. The van der Waals surface area contributed by atoms with E-state index in [9.17, 15) is 0 Å². The minimum Gasteiger partial charge on any atom is -0.455 e. The second kappa shape index (κ2) is 11.8. The van der Waals surface area contributed by atoms with Crippen LogP contribution in [-0.2, 0) is 9.05 Å². The van der Waals surface area contributed by atoms with E-state index in [0.717, 1.165) is 32.6 Å². The first-order valence-electron chi connectivity index (χ1n) is 12.2. The summed E-state index contributed by atoms with van der Waals surface area (Å²) < 4.78 is 12.0. The van der Waals surface area contributed by atoms with E-state index < -0.39 is 16.6 Å². The van der Waals surface area contributed by atoms with Crippen molar-refractivity contribution in [3.8, 4) is 0 Å². The summed E-state index contributed by atoms with van der Waals surface area (Å²) >= 11 is 0. The van der Waals surface area contributed by atoms with Gasteiger partial charge in [-0.2, -0.15) is 0 Å². The second-order valence-electron chi connectivity index (χ2n) is 12.0. The molecular weight excluding hydrogens is 521 g/mol. The van der Waals surface area contributed by atoms with E-state index in [0.29, 0.717) is 0 Å². The monoisotopic (exact) mass is 562 g/mol. The van der Waals surface area contributed by atoms with E-state index in [1.165, 1.54) is 0 Å². The first-order chi connectivity index (χ1) is 16.4. The topological polar surface area (TPSA) is 69.0 Å². The molecule has 0 saturated carbocycles. The molecule has 0 atom stereocenters. The maximum atomic E-state index is 5.99. The summed E-state index contributed by atoms with van der Waals surface area (Å²) in [5.41, 5.74) is 3.59. The predicted octanol–water partition coefficient (Wildman–Crippen LogP) is 8.77. The van der Waals surface area contributed by atoms with Crippen molar-refractivity contribution in [2.24, 2.45) is 10.3 Å². The Hall–Kier alpha value is -1.63. The third kappa shape index (κ3) is 8.46. The molecule has 2 aromatic heterocycles. The second-order valence-corrected chi connectivity index (χ2v) is 23.6. The Bertz CT molecular complexity index is 986. The summed E-state index contributed by atoms with van der Waals surface area (Å²) in [6, 6.07) is 8.06. The average Bonchev–Trinajstić information content (AvgIpc) is 2.79. The maximum absolute atomic E-state index is 5.99. The highest BCUT2D eigenvalue weighted by Gasteiger charge is 2.40. The van der Waals surface area contributed by atoms with E-state index >= 15 is 0 Å². The fourth-order valence-electron chi connectivity index (χ4n) is 2.12. The summed E-state index contributed by atoms with van der Waals surface area (Å²) in [6.45, 7) is 25.9. The summed E-state index contributed by atoms with van der Waals surface area (Å²) in [5, 5.41) is 10.9. The average molecular weight is 563 g/mol. The van der Waals surface area contributed by atoms with Crippen LogP contribution < -0.4 is 0 Å². The summed E-state index contributed by atoms with van der Waals surface area (Å²) in [6.07, 6.45) is 3.69. The number of oxime groups is 2. The molecule has 0 aromatic carbocycles. The van der Waals surface area contributed by atoms with E-state index in [1.54, 1.807) is 21.6 Å². The van der Waals surface area contributed by atoms with Crippen LogP contribution in [0.15, 0.2) is 57.0 Å². The maximum Gasteiger partial charge on any atom is 0.286 e. The molecule has 0 unspecified atom stereocenters. The molecule has 0 aliphatic heterocycles. The summed E-state index contributed by atoms with van der Waals surface area (Å²) in [5.74, 6) is 0. The van der Waals surface area contributed by atoms with Crippen LogP contribution in [0.4, 0.5) is 0 Å². The Labute approximate surface area is 227 Å². The number of nitrogens with zero attached hydrogens (tertiary/aromatic N) is 4. The summed E-state index contributed by atoms with van der Waals surface area (Å²) in [7, 11) is -0.708. The molecule has 2 heterocycles. The number of pyridine rings is 2. The van der Waals surface area contributed by atoms with Crippen molar-refractivity contribution in [2.75, 3.05) is 0 Å². The SMILES string of the molecule is C/C(=N\O[Si](C)(C)C(C)(C)C)c1ccc(SSc2ccc(/C(C)=N/O[Si](C)(C)C(C)(C)C)cn2)nc1. The molecule has 2 rings (SSSR count). The van der Waals surface area contributed by atoms with E-state index in [1.807, 2.05) is 50.5 Å². The quantitative estimate of drug-likeness (QED) is 0.132. The van der Waals surface area contributed by atoms with Crippen LogP contribution in [-0.4, -0.2) is 38.0 Å². The minimum absolute atomic E-state index is 0.114. The van der Waals surface area contributed by atoms with Gasteiger partial charge in [0.1, 0.15) is 10.1 Å². The molecule has 6 nitrogen and oxygen atoms in total. The van der Waals surface area contributed by atoms with Crippen LogP contribution in [0.25, 0.3) is 0 Å². The molecule has 36 heavy (non-hydrogen) atoms. The molecule has 0 bridgehead atoms. The van der Waals surface area contributed by atoms with Crippen LogP contribution in [0, 0.1) is 0 Å². The van der Waals surface area contributed by atoms with Gasteiger partial charge in [0.25, 0.3) is 16.6 Å². The number of hydrogen-bond acceptors (Lipinski definition) is 8. The fraction of sp³-hybridized carbons (Fsp3) is 0.538. The van der Waals surface area contributed by atoms with Crippen LogP contribution in [0.1, 0.15) is 66.5 Å². The van der Waals surface area contributed by atoms with Gasteiger partial charge < -0.3 is 9.05 Å². The lowest BCUT2D eigenvalue weighted by molar-refractivity contribution is 0.308. The Kier molecular flexibility index (Phi) is 10.1. The highest BCUT2D eigenvalue weighted by Crippen LogP contribution is 2.38. The van der Waals surface area contributed by atoms with Gasteiger partial charge >= 0.3 is 0 Å². The van der Waals surface area contributed by atoms with Crippen molar-refractivity contribution in [2.45, 2.75) is 102 Å². The fourth-order valence-corrected chi connectivity index (χ4v) is 5.11. The molecule has 10 heteroatoms. The lowest BCUT2D eigenvalue weighted by atomic mass is 10.2. The van der Waals surface area contributed by atoms with Crippen molar-refractivity contribution in [3.63, 3.8) is 0 Å². The van der Waals surface area contributed by atoms with Gasteiger partial charge in [-0.25, -0.2) is 9.97 Å². The zero-order chi connectivity index (χ0) is 27.4. The van der Waals surface area contributed by atoms with Crippen LogP contribution in [0.3, 0.4) is 0 Å². The van der Waals surface area contributed by atoms with E-state index in [4.69, 9.17) is 9.05 Å². The van der Waals surface area contributed by atoms with Gasteiger partial charge in [-0.1, -0.05) is 41.5 Å². The van der Waals surface area contributed by atoms with Crippen molar-refractivity contribution < 1.29 is 9.05 Å². The highest BCUT2D eigenvalue weighted by molar-refractivity contribution is 8.76. The third-order valence-corrected chi connectivity index (χ3v) is 17.5. The molecule has 0 aliphatic rings. The predicted molar refractivity (Wildman–Crippen MR) is 161 cm³/mol. The highest BCUT2D eigenvalue weighted by atomic mass is 33.1. The Balaban J connectivity index is 1.96. The molecule has 0 saturated heterocycles. The standard InChI is InChI=1S/C26H42N4O2S2Si2/c1-19(29-31-35(9,10)25(3,4)5)21-13-15-23(27-17-21)33-34-24-16-14-22(18-28-24)20(2)30-32-36(11,12)26(6,7)8/h13-18H,1-12H3/b29-19+,30-20+. The first-order valence-corrected chi connectivity index (χ1v) is 20.1. The lowest BCUT2D eigenvalue weighted by Gasteiger charge is -2.33. The zero-order valence-corrected chi connectivity index (χ0v) is 27.5. The number of hydrogen-bond donors (Lipinski definition) is 0. The van der Waals surface area contributed by atoms with Crippen molar-refractivity contribution in [1.82, 2.24) is 9.97 Å². The van der Waals surface area contributed by atoms with Gasteiger partial charge in [-0.15, -0.1) is 10.3 Å². The van der Waals surface area contributed by atoms with Gasteiger partial charge in [0.05, 0.1) is 11.4 Å². The van der Waals surface area contributed by atoms with Crippen LogP contribution in [0.5, 0.6) is 0 Å². The first kappa shape index (κ1) is 30.6. The lowest BCUT2D eigenvalue weighted by Crippen LogP contribution is -2.39. The van der Waals surface area contributed by atoms with Gasteiger partial charge in [0, 0.05) is 23.5 Å². The third-order valence-electron chi connectivity index (χ3n) is 6.95. The molecule has 0 aliphatic carbocycles. The zero-order valence-electron chi connectivity index (χ0n) is 23.9. The van der Waals surface area contributed by atoms with Crippen LogP contribution >= 0.6 is 21.6 Å². The van der Waals surface area contributed by atoms with Crippen molar-refractivity contribution in [3.05, 3.63) is 47.8 Å². The molecule has 0 spiro atoms.